The third-order valence-corrected chi connectivity index (χ3v) is 4.92. The predicted molar refractivity (Wildman–Crippen MR) is 82.5 cm³/mol. The van der Waals surface area contributed by atoms with Gasteiger partial charge in [-0.2, -0.15) is 8.42 Å². The van der Waals surface area contributed by atoms with Gasteiger partial charge in [-0.3, -0.25) is 9.35 Å². The molecule has 0 heterocycles. The zero-order valence-electron chi connectivity index (χ0n) is 11.7. The van der Waals surface area contributed by atoms with E-state index in [1.807, 2.05) is 0 Å². The molecule has 4 N–H and O–H groups in total. The molecule has 0 bridgehead atoms. The molecule has 0 aromatic heterocycles. The number of nitrogens with two attached hydrogens (primary N) is 1. The van der Waals surface area contributed by atoms with E-state index in [1.165, 1.54) is 25.1 Å². The van der Waals surface area contributed by atoms with Gasteiger partial charge in [0.25, 0.3) is 10.1 Å². The van der Waals surface area contributed by atoms with Crippen LogP contribution in [-0.2, 0) is 24.7 Å². The van der Waals surface area contributed by atoms with Crippen molar-refractivity contribution in [3.63, 3.8) is 0 Å². The number of rotatable bonds is 6. The van der Waals surface area contributed by atoms with Gasteiger partial charge in [0.2, 0.25) is 5.91 Å². The zero-order valence-corrected chi connectivity index (χ0v) is 13.3. The summed E-state index contributed by atoms with van der Waals surface area (Å²) in [5.74, 6) is -0.555. The number of benzene rings is 1. The summed E-state index contributed by atoms with van der Waals surface area (Å²) in [6, 6.07) is 3.48. The van der Waals surface area contributed by atoms with Gasteiger partial charge in [0.1, 0.15) is 4.90 Å². The third-order valence-electron chi connectivity index (χ3n) is 2.58. The molecule has 1 aromatic rings. The second kappa shape index (κ2) is 6.90. The van der Waals surface area contributed by atoms with Crippen molar-refractivity contribution >= 4 is 37.2 Å². The zero-order chi connectivity index (χ0) is 17.0. The van der Waals surface area contributed by atoms with Crippen LogP contribution in [0.2, 0.25) is 0 Å². The van der Waals surface area contributed by atoms with Crippen LogP contribution in [-0.4, -0.2) is 33.0 Å². The minimum absolute atomic E-state index is 0.0568. The number of amides is 1. The second-order valence-electron chi connectivity index (χ2n) is 4.30. The monoisotopic (exact) mass is 348 g/mol. The van der Waals surface area contributed by atoms with E-state index < -0.39 is 30.8 Å². The van der Waals surface area contributed by atoms with E-state index in [4.69, 9.17) is 10.3 Å². The average molecular weight is 348 g/mol. The van der Waals surface area contributed by atoms with E-state index in [0.717, 1.165) is 11.5 Å². The second-order valence-corrected chi connectivity index (χ2v) is 7.87. The number of nitrogen functional groups attached to an aromatic ring is 1. The highest BCUT2D eigenvalue weighted by Crippen LogP contribution is 2.22. The van der Waals surface area contributed by atoms with Crippen LogP contribution < -0.4 is 11.1 Å². The van der Waals surface area contributed by atoms with Gasteiger partial charge < -0.3 is 11.1 Å². The number of anilines is 2. The van der Waals surface area contributed by atoms with E-state index in [-0.39, 0.29) is 23.5 Å². The van der Waals surface area contributed by atoms with Crippen molar-refractivity contribution in [3.05, 3.63) is 29.7 Å². The Bertz CT molecular complexity index is 797. The maximum atomic E-state index is 11.6. The predicted octanol–water partition coefficient (Wildman–Crippen LogP) is 0.792. The van der Waals surface area contributed by atoms with Gasteiger partial charge in [-0.15, -0.1) is 0 Å². The van der Waals surface area contributed by atoms with Crippen LogP contribution in [0, 0.1) is 0 Å². The number of carbonyl (C=O) groups excluding carboxylic acids is 1. The lowest BCUT2D eigenvalue weighted by Gasteiger charge is -2.07. The van der Waals surface area contributed by atoms with Crippen molar-refractivity contribution in [3.8, 4) is 0 Å². The first-order valence-electron chi connectivity index (χ1n) is 6.11. The fraction of sp³-hybridized carbons (Fsp3) is 0.250. The van der Waals surface area contributed by atoms with Crippen molar-refractivity contribution in [2.75, 3.05) is 16.8 Å². The maximum absolute atomic E-state index is 11.6. The molecule has 0 radical (unpaired) electrons. The number of sulfone groups is 1. The number of hydrogen-bond acceptors (Lipinski definition) is 6. The molecule has 0 aliphatic heterocycles. The largest absolute Gasteiger partial charge is 0.398 e. The first kappa shape index (κ1) is 18.1. The summed E-state index contributed by atoms with van der Waals surface area (Å²) in [5.41, 5.74) is 5.48. The molecule has 0 unspecified atom stereocenters. The van der Waals surface area contributed by atoms with E-state index >= 15 is 0 Å². The van der Waals surface area contributed by atoms with Crippen LogP contribution in [0.5, 0.6) is 0 Å². The standard InChI is InChI=1S/C12H16N2O6S2/c1-2-21(16,17)7-3-4-12(15)14-9-5-6-11(10(13)8-9)22(18,19)20/h3,5-8H,2,4,13H2,1H3,(H,14,15)(H,18,19,20). The van der Waals surface area contributed by atoms with Crippen LogP contribution in [0.4, 0.5) is 11.4 Å². The molecule has 8 nitrogen and oxygen atoms in total. The number of hydrogen-bond donors (Lipinski definition) is 3. The highest BCUT2D eigenvalue weighted by Gasteiger charge is 2.14. The molecule has 1 amide bonds. The molecule has 10 heteroatoms. The van der Waals surface area contributed by atoms with Crippen LogP contribution in [0.15, 0.2) is 34.6 Å². The van der Waals surface area contributed by atoms with Gasteiger partial charge in [-0.05, 0) is 18.2 Å². The molecule has 0 atom stereocenters. The summed E-state index contributed by atoms with van der Waals surface area (Å²) >= 11 is 0. The Labute approximate surface area is 128 Å². The molecule has 0 saturated carbocycles. The molecule has 0 aliphatic rings. The van der Waals surface area contributed by atoms with Crippen LogP contribution in [0.1, 0.15) is 13.3 Å². The minimum Gasteiger partial charge on any atom is -0.398 e. The smallest absolute Gasteiger partial charge is 0.296 e. The Morgan fingerprint density at radius 2 is 1.95 bits per heavy atom. The fourth-order valence-electron chi connectivity index (χ4n) is 1.47. The molecule has 0 spiro atoms. The summed E-state index contributed by atoms with van der Waals surface area (Å²) in [4.78, 5) is 11.2. The van der Waals surface area contributed by atoms with Crippen molar-refractivity contribution in [1.82, 2.24) is 0 Å². The lowest BCUT2D eigenvalue weighted by Crippen LogP contribution is -2.11. The minimum atomic E-state index is -4.43. The van der Waals surface area contributed by atoms with Crippen LogP contribution in [0.3, 0.4) is 0 Å². The lowest BCUT2D eigenvalue weighted by molar-refractivity contribution is -0.115. The van der Waals surface area contributed by atoms with Crippen LogP contribution in [0.25, 0.3) is 0 Å². The molecular weight excluding hydrogens is 332 g/mol. The molecule has 0 aliphatic carbocycles. The van der Waals surface area contributed by atoms with E-state index in [9.17, 15) is 21.6 Å². The molecule has 0 fully saturated rings. The average Bonchev–Trinajstić information content (AvgIpc) is 2.37. The van der Waals surface area contributed by atoms with E-state index in [1.54, 1.807) is 0 Å². The molecule has 122 valence electrons. The first-order valence-corrected chi connectivity index (χ1v) is 9.27. The molecule has 0 saturated heterocycles. The Morgan fingerprint density at radius 3 is 2.45 bits per heavy atom. The van der Waals surface area contributed by atoms with Gasteiger partial charge >= 0.3 is 0 Å². The van der Waals surface area contributed by atoms with E-state index in [2.05, 4.69) is 5.32 Å². The molecule has 22 heavy (non-hydrogen) atoms. The Hall–Kier alpha value is -1.91. The van der Waals surface area contributed by atoms with Crippen LogP contribution >= 0.6 is 0 Å². The van der Waals surface area contributed by atoms with Gasteiger partial charge in [0.15, 0.2) is 9.84 Å². The van der Waals surface area contributed by atoms with Crippen molar-refractivity contribution in [1.29, 1.82) is 0 Å². The Balaban J connectivity index is 2.76. The normalized spacial score (nSPS) is 12.5. The topological polar surface area (TPSA) is 144 Å². The van der Waals surface area contributed by atoms with Crippen molar-refractivity contribution in [2.24, 2.45) is 0 Å². The summed E-state index contributed by atoms with van der Waals surface area (Å²) in [6.45, 7) is 1.49. The van der Waals surface area contributed by atoms with Crippen molar-refractivity contribution in [2.45, 2.75) is 18.2 Å². The number of nitrogens with one attached hydrogen (secondary N) is 1. The highest BCUT2D eigenvalue weighted by molar-refractivity contribution is 7.94. The fourth-order valence-corrected chi connectivity index (χ4v) is 2.65. The van der Waals surface area contributed by atoms with Gasteiger partial charge in [0.05, 0.1) is 11.4 Å². The first-order chi connectivity index (χ1) is 10.0. The van der Waals surface area contributed by atoms with Gasteiger partial charge in [-0.1, -0.05) is 13.0 Å². The van der Waals surface area contributed by atoms with Crippen molar-refractivity contribution < 1.29 is 26.2 Å². The quantitative estimate of drug-likeness (QED) is 0.509. The lowest BCUT2D eigenvalue weighted by atomic mass is 10.2. The summed E-state index contributed by atoms with van der Waals surface area (Å²) in [6.07, 6.45) is 1.04. The third kappa shape index (κ3) is 5.47. The Kier molecular flexibility index (Phi) is 5.69. The van der Waals surface area contributed by atoms with Gasteiger partial charge in [-0.25, -0.2) is 8.42 Å². The maximum Gasteiger partial charge on any atom is 0.296 e. The number of carbonyl (C=O) groups is 1. The summed E-state index contributed by atoms with van der Waals surface area (Å²) < 4.78 is 53.2. The molecule has 1 aromatic carbocycles. The summed E-state index contributed by atoms with van der Waals surface area (Å²) in [5, 5.41) is 3.38. The highest BCUT2D eigenvalue weighted by atomic mass is 32.2. The summed E-state index contributed by atoms with van der Waals surface area (Å²) in [7, 11) is -7.72. The Morgan fingerprint density at radius 1 is 1.32 bits per heavy atom. The van der Waals surface area contributed by atoms with Gasteiger partial charge in [0, 0.05) is 17.5 Å². The van der Waals surface area contributed by atoms with E-state index in [0.29, 0.717) is 0 Å². The molecule has 1 rings (SSSR count). The SMILES string of the molecule is CCS(=O)(=O)C=CCC(=O)Nc1ccc(S(=O)(=O)O)c(N)c1. The molecular formula is C12H16N2O6S2.